The van der Waals surface area contributed by atoms with E-state index in [0.717, 1.165) is 55.9 Å². The van der Waals surface area contributed by atoms with Crippen LogP contribution in [-0.2, 0) is 19.1 Å². The van der Waals surface area contributed by atoms with E-state index in [2.05, 4.69) is 28.4 Å². The number of aromatic nitrogens is 1. The van der Waals surface area contributed by atoms with E-state index in [9.17, 15) is 19.2 Å². The van der Waals surface area contributed by atoms with E-state index in [1.54, 1.807) is 33.9 Å². The summed E-state index contributed by atoms with van der Waals surface area (Å²) in [5.74, 6) is 0.406. The second-order valence-electron chi connectivity index (χ2n) is 17.1. The quantitative estimate of drug-likeness (QED) is 0.203. The van der Waals surface area contributed by atoms with Crippen LogP contribution in [0.25, 0.3) is 10.9 Å². The summed E-state index contributed by atoms with van der Waals surface area (Å²) < 4.78 is 27.1. The van der Waals surface area contributed by atoms with Crippen LogP contribution < -0.4 is 29.6 Å². The van der Waals surface area contributed by atoms with Gasteiger partial charge >= 0.3 is 6.09 Å². The average molecular weight is 778 g/mol. The fourth-order valence-electron chi connectivity index (χ4n) is 7.43. The molecule has 1 aromatic heterocycles. The molecule has 2 unspecified atom stereocenters. The van der Waals surface area contributed by atoms with Gasteiger partial charge in [0.15, 0.2) is 0 Å². The zero-order valence-electron chi connectivity index (χ0n) is 32.8. The number of allylic oxidation sites excluding steroid dienone is 1. The molecule has 0 spiro atoms. The van der Waals surface area contributed by atoms with Crippen molar-refractivity contribution in [1.29, 1.82) is 0 Å². The SMILES string of the molecule is COc1ccc2c(O[C@@H]3CC4C(=O)NC5(C(=O)NSC6(C)CC6)C[C@H]5/C=C\CCCCC[C@H](NC(=O)OC(C)(C)C)C(=O)N4C3)cc(OC3CC3)nc2c1C. The fourth-order valence-corrected chi connectivity index (χ4v) is 8.25. The van der Waals surface area contributed by atoms with Crippen molar-refractivity contribution < 1.29 is 38.1 Å². The first-order valence-corrected chi connectivity index (χ1v) is 20.6. The van der Waals surface area contributed by atoms with Gasteiger partial charge in [0.1, 0.15) is 46.9 Å². The van der Waals surface area contributed by atoms with Gasteiger partial charge in [-0.15, -0.1) is 0 Å². The lowest BCUT2D eigenvalue weighted by Gasteiger charge is -2.30. The number of carbonyl (C=O) groups excluding carboxylic acids is 4. The van der Waals surface area contributed by atoms with Crippen molar-refractivity contribution in [2.45, 2.75) is 145 Å². The van der Waals surface area contributed by atoms with Crippen molar-refractivity contribution in [1.82, 2.24) is 25.2 Å². The van der Waals surface area contributed by atoms with Crippen LogP contribution in [0, 0.1) is 12.8 Å². The smallest absolute Gasteiger partial charge is 0.408 e. The molecule has 0 radical (unpaired) electrons. The molecule has 5 atom stereocenters. The average Bonchev–Trinajstić information content (AvgIpc) is 4.09. The Kier molecular flexibility index (Phi) is 10.9. The molecule has 2 aromatic rings. The third-order valence-electron chi connectivity index (χ3n) is 11.1. The highest BCUT2D eigenvalue weighted by Crippen LogP contribution is 2.49. The number of alkyl carbamates (subject to hydrolysis) is 1. The van der Waals surface area contributed by atoms with Gasteiger partial charge in [-0.1, -0.05) is 25.0 Å². The molecular weight excluding hydrogens is 723 g/mol. The Bertz CT molecular complexity index is 1860. The zero-order valence-corrected chi connectivity index (χ0v) is 33.6. The molecule has 1 aromatic carbocycles. The van der Waals surface area contributed by atoms with Crippen LogP contribution in [0.3, 0.4) is 0 Å². The highest BCUT2D eigenvalue weighted by molar-refractivity contribution is 7.99. The summed E-state index contributed by atoms with van der Waals surface area (Å²) in [4.78, 5) is 62.4. The predicted molar refractivity (Wildman–Crippen MR) is 209 cm³/mol. The molecule has 4 fully saturated rings. The molecule has 14 heteroatoms. The number of rotatable bonds is 9. The molecule has 298 valence electrons. The minimum Gasteiger partial charge on any atom is -0.496 e. The Morgan fingerprint density at radius 3 is 2.53 bits per heavy atom. The van der Waals surface area contributed by atoms with Crippen molar-refractivity contribution in [3.05, 3.63) is 35.9 Å². The molecule has 3 N–H and O–H groups in total. The molecule has 3 aliphatic carbocycles. The standard InChI is InChI=1S/C41H55N5O8S/c1-24-31(51-6)17-16-28-32(21-33(43-34(24)28)53-26-14-15-26)52-27-20-30-35(47)44-41(37(49)45-55-40(5)18-19-40)22-25(41)12-10-8-7-9-11-13-29(36(48)46(30)23-27)42-38(50)54-39(2,3)4/h10,12,16-17,21,25-27,29-30H,7-9,11,13-15,18-20,22-23H2,1-6H3,(H,42,50)(H,44,47)(H,45,49)/b12-10-/t25-,27-,29+,30?,41?/m1/s1. The van der Waals surface area contributed by atoms with E-state index < -0.39 is 47.2 Å². The third-order valence-corrected chi connectivity index (χ3v) is 12.3. The fraction of sp³-hybridized carbons (Fsp3) is 0.634. The number of methoxy groups -OCH3 is 1. The van der Waals surface area contributed by atoms with Gasteiger partial charge in [-0.05, 0) is 110 Å². The summed E-state index contributed by atoms with van der Waals surface area (Å²) in [7, 11) is 1.61. The summed E-state index contributed by atoms with van der Waals surface area (Å²) in [6.07, 6.45) is 11.1. The number of nitrogens with one attached hydrogen (secondary N) is 3. The molecule has 3 saturated carbocycles. The predicted octanol–water partition coefficient (Wildman–Crippen LogP) is 6.05. The van der Waals surface area contributed by atoms with Gasteiger partial charge in [0.25, 0.3) is 5.91 Å². The highest BCUT2D eigenvalue weighted by atomic mass is 32.2. The first kappa shape index (κ1) is 39.1. The van der Waals surface area contributed by atoms with E-state index in [-0.39, 0.29) is 35.6 Å². The van der Waals surface area contributed by atoms with Crippen LogP contribution in [0.1, 0.15) is 104 Å². The summed E-state index contributed by atoms with van der Waals surface area (Å²) >= 11 is 1.42. The van der Waals surface area contributed by atoms with Crippen LogP contribution in [0.2, 0.25) is 0 Å². The van der Waals surface area contributed by atoms with Crippen molar-refractivity contribution in [3.63, 3.8) is 0 Å². The first-order valence-electron chi connectivity index (χ1n) is 19.8. The number of fused-ring (bicyclic) bond motifs is 3. The number of pyridine rings is 1. The summed E-state index contributed by atoms with van der Waals surface area (Å²) in [6, 6.07) is 3.63. The number of nitrogens with zero attached hydrogens (tertiary/aromatic N) is 2. The lowest BCUT2D eigenvalue weighted by Crippen LogP contribution is -2.57. The maximum atomic E-state index is 14.6. The van der Waals surface area contributed by atoms with Crippen molar-refractivity contribution in [2.24, 2.45) is 5.92 Å². The Morgan fingerprint density at radius 2 is 1.82 bits per heavy atom. The molecular formula is C41H55N5O8S. The molecule has 2 aliphatic heterocycles. The number of ether oxygens (including phenoxy) is 4. The van der Waals surface area contributed by atoms with Crippen molar-refractivity contribution in [2.75, 3.05) is 13.7 Å². The zero-order chi connectivity index (χ0) is 39.1. The first-order chi connectivity index (χ1) is 26.2. The number of hydrogen-bond donors (Lipinski definition) is 3. The largest absolute Gasteiger partial charge is 0.496 e. The molecule has 13 nitrogen and oxygen atoms in total. The van der Waals surface area contributed by atoms with Gasteiger partial charge in [0, 0.05) is 34.1 Å². The van der Waals surface area contributed by atoms with E-state index in [4.69, 9.17) is 23.9 Å². The minimum absolute atomic E-state index is 0.0100. The van der Waals surface area contributed by atoms with E-state index in [1.807, 2.05) is 25.1 Å². The van der Waals surface area contributed by atoms with Gasteiger partial charge < -0.3 is 34.5 Å². The molecule has 0 bridgehead atoms. The maximum Gasteiger partial charge on any atom is 0.408 e. The highest BCUT2D eigenvalue weighted by Gasteiger charge is 2.61. The van der Waals surface area contributed by atoms with Crippen molar-refractivity contribution in [3.8, 4) is 17.4 Å². The van der Waals surface area contributed by atoms with Gasteiger partial charge in [-0.2, -0.15) is 0 Å². The minimum atomic E-state index is -1.12. The maximum absolute atomic E-state index is 14.6. The second kappa shape index (κ2) is 15.4. The summed E-state index contributed by atoms with van der Waals surface area (Å²) in [5.41, 5.74) is -0.381. The third kappa shape index (κ3) is 9.10. The Balaban J connectivity index is 1.20. The van der Waals surface area contributed by atoms with E-state index in [1.165, 1.54) is 16.8 Å². The van der Waals surface area contributed by atoms with Crippen LogP contribution in [-0.4, -0.2) is 87.5 Å². The molecule has 3 heterocycles. The Morgan fingerprint density at radius 1 is 1.04 bits per heavy atom. The second-order valence-corrected chi connectivity index (χ2v) is 18.5. The normalized spacial score (nSPS) is 28.4. The molecule has 5 aliphatic rings. The topological polar surface area (TPSA) is 157 Å². The number of benzene rings is 1. The van der Waals surface area contributed by atoms with E-state index >= 15 is 0 Å². The number of carbonyl (C=O) groups is 4. The van der Waals surface area contributed by atoms with Crippen LogP contribution in [0.15, 0.2) is 30.4 Å². The molecule has 55 heavy (non-hydrogen) atoms. The Labute approximate surface area is 327 Å². The Hall–Kier alpha value is -4.20. The molecule has 7 rings (SSSR count). The lowest BCUT2D eigenvalue weighted by molar-refractivity contribution is -0.141. The summed E-state index contributed by atoms with van der Waals surface area (Å²) in [6.45, 7) is 9.43. The van der Waals surface area contributed by atoms with Crippen LogP contribution in [0.5, 0.6) is 17.4 Å². The number of amides is 4. The van der Waals surface area contributed by atoms with E-state index in [0.29, 0.717) is 42.2 Å². The van der Waals surface area contributed by atoms with Crippen molar-refractivity contribution >= 4 is 46.7 Å². The monoisotopic (exact) mass is 777 g/mol. The van der Waals surface area contributed by atoms with Gasteiger partial charge in [-0.3, -0.25) is 19.1 Å². The molecule has 1 saturated heterocycles. The van der Waals surface area contributed by atoms with Gasteiger partial charge in [0.05, 0.1) is 19.2 Å². The number of hydrogen-bond acceptors (Lipinski definition) is 10. The number of aryl methyl sites for hydroxylation is 1. The van der Waals surface area contributed by atoms with Crippen LogP contribution >= 0.6 is 11.9 Å². The van der Waals surface area contributed by atoms with Gasteiger partial charge in [-0.25, -0.2) is 9.78 Å². The van der Waals surface area contributed by atoms with Crippen LogP contribution in [0.4, 0.5) is 4.79 Å². The van der Waals surface area contributed by atoms with Gasteiger partial charge in [0.2, 0.25) is 17.7 Å². The lowest BCUT2D eigenvalue weighted by atomic mass is 10.0. The summed E-state index contributed by atoms with van der Waals surface area (Å²) in [5, 5.41) is 6.69. The molecule has 4 amide bonds.